The van der Waals surface area contributed by atoms with Gasteiger partial charge in [0.05, 0.1) is 38.5 Å². The van der Waals surface area contributed by atoms with Crippen molar-refractivity contribution in [3.63, 3.8) is 0 Å². The number of nitrogens with zero attached hydrogens (tertiary/aromatic N) is 1. The van der Waals surface area contributed by atoms with Gasteiger partial charge in [0.2, 0.25) is 0 Å². The highest BCUT2D eigenvalue weighted by Crippen LogP contribution is 2.31. The van der Waals surface area contributed by atoms with Crippen LogP contribution in [-0.2, 0) is 9.47 Å². The molecule has 1 saturated heterocycles. The maximum Gasteiger partial charge on any atom is 0.311 e. The van der Waals surface area contributed by atoms with Crippen molar-refractivity contribution in [1.82, 2.24) is 0 Å². The minimum atomic E-state index is -0.444. The molecule has 1 aromatic carbocycles. The third kappa shape index (κ3) is 2.77. The molecule has 2 rings (SSSR count). The van der Waals surface area contributed by atoms with E-state index in [-0.39, 0.29) is 17.4 Å². The van der Waals surface area contributed by atoms with Gasteiger partial charge in [-0.2, -0.15) is 0 Å². The zero-order valence-electron chi connectivity index (χ0n) is 10.1. The van der Waals surface area contributed by atoms with E-state index in [4.69, 9.17) is 14.2 Å². The molecule has 98 valence electrons. The van der Waals surface area contributed by atoms with Gasteiger partial charge in [-0.15, -0.1) is 0 Å². The predicted octanol–water partition coefficient (Wildman–Crippen LogP) is 1.73. The van der Waals surface area contributed by atoms with Crippen LogP contribution in [0.1, 0.15) is 11.5 Å². The highest BCUT2D eigenvalue weighted by molar-refractivity contribution is 5.49. The maximum absolute atomic E-state index is 10.9. The molecule has 0 radical (unpaired) electrons. The van der Waals surface area contributed by atoms with E-state index in [2.05, 4.69) is 0 Å². The molecule has 0 aromatic heterocycles. The van der Waals surface area contributed by atoms with Gasteiger partial charge in [0.15, 0.2) is 5.75 Å². The van der Waals surface area contributed by atoms with Crippen LogP contribution in [0.3, 0.4) is 0 Å². The first kappa shape index (κ1) is 12.8. The first-order valence-corrected chi connectivity index (χ1v) is 5.70. The fourth-order valence-corrected chi connectivity index (χ4v) is 1.91. The van der Waals surface area contributed by atoms with E-state index < -0.39 is 4.92 Å². The van der Waals surface area contributed by atoms with Crippen LogP contribution in [0.15, 0.2) is 18.2 Å². The Bertz CT molecular complexity index is 426. The minimum Gasteiger partial charge on any atom is -0.490 e. The fourth-order valence-electron chi connectivity index (χ4n) is 1.91. The molecule has 0 bridgehead atoms. The molecule has 6 heteroatoms. The van der Waals surface area contributed by atoms with Crippen LogP contribution in [0.5, 0.6) is 5.75 Å². The van der Waals surface area contributed by atoms with E-state index in [1.807, 2.05) is 6.07 Å². The summed E-state index contributed by atoms with van der Waals surface area (Å²) in [5, 5.41) is 10.9. The van der Waals surface area contributed by atoms with Crippen molar-refractivity contribution in [3.8, 4) is 5.75 Å². The summed E-state index contributed by atoms with van der Waals surface area (Å²) in [7, 11) is 1.42. The van der Waals surface area contributed by atoms with Crippen molar-refractivity contribution < 1.29 is 19.1 Å². The number of hydrogen-bond donors (Lipinski definition) is 0. The SMILES string of the molecule is COc1ccc(C2COCCOC2)cc1[N+](=O)[O-]. The number of benzene rings is 1. The van der Waals surface area contributed by atoms with E-state index in [9.17, 15) is 10.1 Å². The van der Waals surface area contributed by atoms with E-state index in [1.54, 1.807) is 6.07 Å². The van der Waals surface area contributed by atoms with Crippen LogP contribution >= 0.6 is 0 Å². The molecule has 1 aliphatic heterocycles. The Morgan fingerprint density at radius 1 is 1.33 bits per heavy atom. The molecule has 0 amide bonds. The molecule has 0 atom stereocenters. The standard InChI is InChI=1S/C12H15NO5/c1-16-12-3-2-9(6-11(12)13(14)15)10-7-17-4-5-18-8-10/h2-3,6,10H,4-5,7-8H2,1H3. The second-order valence-electron chi connectivity index (χ2n) is 4.04. The Kier molecular flexibility index (Phi) is 4.11. The lowest BCUT2D eigenvalue weighted by Gasteiger charge is -2.14. The molecule has 0 aliphatic carbocycles. The molecular weight excluding hydrogens is 238 g/mol. The lowest BCUT2D eigenvalue weighted by molar-refractivity contribution is -0.385. The van der Waals surface area contributed by atoms with Gasteiger partial charge in [-0.3, -0.25) is 10.1 Å². The van der Waals surface area contributed by atoms with E-state index >= 15 is 0 Å². The summed E-state index contributed by atoms with van der Waals surface area (Å²) >= 11 is 0. The number of ether oxygens (including phenoxy) is 3. The van der Waals surface area contributed by atoms with Crippen LogP contribution in [0, 0.1) is 10.1 Å². The summed E-state index contributed by atoms with van der Waals surface area (Å²) < 4.78 is 15.8. The summed E-state index contributed by atoms with van der Waals surface area (Å²) in [4.78, 5) is 10.5. The molecule has 1 fully saturated rings. The number of hydrogen-bond acceptors (Lipinski definition) is 5. The molecule has 6 nitrogen and oxygen atoms in total. The van der Waals surface area contributed by atoms with Crippen molar-refractivity contribution in [2.45, 2.75) is 5.92 Å². The van der Waals surface area contributed by atoms with Crippen molar-refractivity contribution in [3.05, 3.63) is 33.9 Å². The Morgan fingerprint density at radius 2 is 2.00 bits per heavy atom. The van der Waals surface area contributed by atoms with Crippen LogP contribution in [0.4, 0.5) is 5.69 Å². The van der Waals surface area contributed by atoms with Gasteiger partial charge in [0.1, 0.15) is 0 Å². The van der Waals surface area contributed by atoms with Gasteiger partial charge >= 0.3 is 5.69 Å². The third-order valence-electron chi connectivity index (χ3n) is 2.88. The maximum atomic E-state index is 10.9. The highest BCUT2D eigenvalue weighted by Gasteiger charge is 2.21. The van der Waals surface area contributed by atoms with Crippen molar-refractivity contribution >= 4 is 5.69 Å². The van der Waals surface area contributed by atoms with Gasteiger partial charge in [-0.1, -0.05) is 6.07 Å². The monoisotopic (exact) mass is 253 g/mol. The smallest absolute Gasteiger partial charge is 0.311 e. The molecule has 1 heterocycles. The largest absolute Gasteiger partial charge is 0.490 e. The number of nitro benzene ring substituents is 1. The second kappa shape index (κ2) is 5.79. The summed E-state index contributed by atoms with van der Waals surface area (Å²) in [5.41, 5.74) is 0.809. The Morgan fingerprint density at radius 3 is 2.56 bits per heavy atom. The molecule has 0 N–H and O–H groups in total. The van der Waals surface area contributed by atoms with E-state index in [0.29, 0.717) is 26.4 Å². The number of methoxy groups -OCH3 is 1. The Hall–Kier alpha value is -1.66. The minimum absolute atomic E-state index is 0.0251. The summed E-state index contributed by atoms with van der Waals surface area (Å²) in [5.74, 6) is 0.288. The van der Waals surface area contributed by atoms with Crippen LogP contribution < -0.4 is 4.74 Å². The van der Waals surface area contributed by atoms with Crippen LogP contribution in [0.2, 0.25) is 0 Å². The molecule has 18 heavy (non-hydrogen) atoms. The summed E-state index contributed by atoms with van der Waals surface area (Å²) in [6.07, 6.45) is 0. The lowest BCUT2D eigenvalue weighted by atomic mass is 10.00. The van der Waals surface area contributed by atoms with Crippen molar-refractivity contribution in [2.24, 2.45) is 0 Å². The van der Waals surface area contributed by atoms with Crippen LogP contribution in [0.25, 0.3) is 0 Å². The second-order valence-corrected chi connectivity index (χ2v) is 4.04. The molecule has 1 aromatic rings. The zero-order valence-corrected chi connectivity index (χ0v) is 10.1. The topological polar surface area (TPSA) is 70.8 Å². The normalized spacial score (nSPS) is 17.2. The Balaban J connectivity index is 2.27. The quantitative estimate of drug-likeness (QED) is 0.606. The molecule has 0 saturated carbocycles. The average molecular weight is 253 g/mol. The van der Waals surface area contributed by atoms with Gasteiger partial charge in [-0.25, -0.2) is 0 Å². The van der Waals surface area contributed by atoms with Crippen LogP contribution in [-0.4, -0.2) is 38.5 Å². The zero-order chi connectivity index (χ0) is 13.0. The summed E-state index contributed by atoms with van der Waals surface area (Å²) in [6.45, 7) is 2.16. The predicted molar refractivity (Wildman–Crippen MR) is 64.0 cm³/mol. The lowest BCUT2D eigenvalue weighted by Crippen LogP contribution is -2.10. The highest BCUT2D eigenvalue weighted by atomic mass is 16.6. The molecule has 0 unspecified atom stereocenters. The van der Waals surface area contributed by atoms with Gasteiger partial charge in [0, 0.05) is 12.0 Å². The van der Waals surface area contributed by atoms with Gasteiger partial charge in [-0.05, 0) is 11.6 Å². The fraction of sp³-hybridized carbons (Fsp3) is 0.500. The third-order valence-corrected chi connectivity index (χ3v) is 2.88. The van der Waals surface area contributed by atoms with Crippen molar-refractivity contribution in [2.75, 3.05) is 33.5 Å². The van der Waals surface area contributed by atoms with Gasteiger partial charge in [0.25, 0.3) is 0 Å². The van der Waals surface area contributed by atoms with E-state index in [0.717, 1.165) is 5.56 Å². The Labute approximate surface area is 105 Å². The number of nitro groups is 1. The molecular formula is C12H15NO5. The first-order valence-electron chi connectivity index (χ1n) is 5.70. The van der Waals surface area contributed by atoms with E-state index in [1.165, 1.54) is 13.2 Å². The molecule has 1 aliphatic rings. The number of rotatable bonds is 3. The average Bonchev–Trinajstić information content (AvgIpc) is 2.66. The summed E-state index contributed by atoms with van der Waals surface area (Å²) in [6, 6.07) is 4.95. The van der Waals surface area contributed by atoms with Gasteiger partial charge < -0.3 is 14.2 Å². The van der Waals surface area contributed by atoms with Crippen molar-refractivity contribution in [1.29, 1.82) is 0 Å². The molecule has 0 spiro atoms. The first-order chi connectivity index (χ1) is 8.72.